The molecule has 0 aromatic rings. The van der Waals surface area contributed by atoms with Gasteiger partial charge in [-0.2, -0.15) is 0 Å². The van der Waals surface area contributed by atoms with Crippen LogP contribution in [0.2, 0.25) is 0 Å². The fourth-order valence-corrected chi connectivity index (χ4v) is 1.59. The lowest BCUT2D eigenvalue weighted by atomic mass is 10.0. The SMILES string of the molecule is OC1[C@@H](O)OC(CBr)[C@@H](O)[C@H]1O. The van der Waals surface area contributed by atoms with Crippen LogP contribution in [0.15, 0.2) is 0 Å². The Morgan fingerprint density at radius 3 is 2.08 bits per heavy atom. The van der Waals surface area contributed by atoms with Crippen LogP contribution in [0.3, 0.4) is 0 Å². The van der Waals surface area contributed by atoms with Crippen molar-refractivity contribution < 1.29 is 25.2 Å². The maximum atomic E-state index is 9.25. The van der Waals surface area contributed by atoms with Gasteiger partial charge in [-0.05, 0) is 0 Å². The fourth-order valence-electron chi connectivity index (χ4n) is 1.06. The van der Waals surface area contributed by atoms with Gasteiger partial charge in [-0.25, -0.2) is 0 Å². The Bertz CT molecular complexity index is 150. The normalized spacial score (nSPS) is 49.2. The number of halogens is 1. The van der Waals surface area contributed by atoms with Crippen LogP contribution in [0.25, 0.3) is 0 Å². The minimum atomic E-state index is -1.45. The molecule has 0 aromatic heterocycles. The molecule has 0 radical (unpaired) electrons. The van der Waals surface area contributed by atoms with E-state index < -0.39 is 30.7 Å². The first-order chi connectivity index (χ1) is 5.57. The molecular formula is C6H11BrO5. The molecular weight excluding hydrogens is 232 g/mol. The summed E-state index contributed by atoms with van der Waals surface area (Å²) in [6, 6.07) is 0. The van der Waals surface area contributed by atoms with Gasteiger partial charge in [0.05, 0.1) is 6.10 Å². The molecule has 1 aliphatic heterocycles. The zero-order valence-corrected chi connectivity index (χ0v) is 7.75. The third-order valence-electron chi connectivity index (χ3n) is 1.84. The quantitative estimate of drug-likeness (QED) is 0.407. The molecule has 1 saturated heterocycles. The molecule has 0 saturated carbocycles. The van der Waals surface area contributed by atoms with Crippen LogP contribution < -0.4 is 0 Å². The summed E-state index contributed by atoms with van der Waals surface area (Å²) in [5, 5.41) is 36.7. The summed E-state index contributed by atoms with van der Waals surface area (Å²) in [6.07, 6.45) is -6.13. The van der Waals surface area contributed by atoms with Crippen LogP contribution in [-0.2, 0) is 4.74 Å². The average Bonchev–Trinajstić information content (AvgIpc) is 2.08. The lowest BCUT2D eigenvalue weighted by molar-refractivity contribution is -0.276. The van der Waals surface area contributed by atoms with Crippen LogP contribution in [0.4, 0.5) is 0 Å². The van der Waals surface area contributed by atoms with Gasteiger partial charge in [0.1, 0.15) is 18.3 Å². The first-order valence-corrected chi connectivity index (χ1v) is 4.63. The maximum Gasteiger partial charge on any atom is 0.183 e. The Kier molecular flexibility index (Phi) is 3.45. The Morgan fingerprint density at radius 2 is 1.58 bits per heavy atom. The molecule has 5 nitrogen and oxygen atoms in total. The number of rotatable bonds is 1. The number of hydrogen-bond donors (Lipinski definition) is 4. The van der Waals surface area contributed by atoms with Crippen molar-refractivity contribution in [2.45, 2.75) is 30.7 Å². The van der Waals surface area contributed by atoms with Crippen molar-refractivity contribution in [1.29, 1.82) is 0 Å². The van der Waals surface area contributed by atoms with Crippen LogP contribution >= 0.6 is 15.9 Å². The minimum Gasteiger partial charge on any atom is -0.388 e. The van der Waals surface area contributed by atoms with E-state index in [-0.39, 0.29) is 5.33 Å². The zero-order chi connectivity index (χ0) is 9.30. The van der Waals surface area contributed by atoms with E-state index in [2.05, 4.69) is 15.9 Å². The minimum absolute atomic E-state index is 0.287. The van der Waals surface area contributed by atoms with Gasteiger partial charge in [-0.1, -0.05) is 15.9 Å². The average molecular weight is 243 g/mol. The highest BCUT2D eigenvalue weighted by atomic mass is 79.9. The standard InChI is InChI=1S/C6H11BrO5/c7-1-2-3(8)4(9)5(10)6(11)12-2/h2-6,8-11H,1H2/t2?,3-,4-,5?,6+/m1/s1. The first kappa shape index (κ1) is 10.4. The Balaban J connectivity index is 2.63. The Labute approximate surface area is 77.7 Å². The van der Waals surface area contributed by atoms with Crippen LogP contribution in [0.1, 0.15) is 0 Å². The molecule has 0 amide bonds. The van der Waals surface area contributed by atoms with Gasteiger partial charge in [0.2, 0.25) is 0 Å². The predicted octanol–water partition coefficient (Wildman–Crippen LogP) is -1.82. The van der Waals surface area contributed by atoms with Crippen molar-refractivity contribution in [3.8, 4) is 0 Å². The van der Waals surface area contributed by atoms with Gasteiger partial charge in [0, 0.05) is 5.33 Å². The molecule has 12 heavy (non-hydrogen) atoms. The third-order valence-corrected chi connectivity index (χ3v) is 2.48. The molecule has 72 valence electrons. The molecule has 0 bridgehead atoms. The molecule has 2 unspecified atom stereocenters. The van der Waals surface area contributed by atoms with Crippen LogP contribution in [0.5, 0.6) is 0 Å². The lowest BCUT2D eigenvalue weighted by Gasteiger charge is -2.37. The fraction of sp³-hybridized carbons (Fsp3) is 1.00. The van der Waals surface area contributed by atoms with Gasteiger partial charge in [0.25, 0.3) is 0 Å². The molecule has 4 N–H and O–H groups in total. The summed E-state index contributed by atoms with van der Waals surface area (Å²) in [4.78, 5) is 0. The monoisotopic (exact) mass is 242 g/mol. The lowest BCUT2D eigenvalue weighted by Crippen LogP contribution is -2.57. The number of hydrogen-bond acceptors (Lipinski definition) is 5. The smallest absolute Gasteiger partial charge is 0.183 e. The second-order valence-corrected chi connectivity index (χ2v) is 3.34. The summed E-state index contributed by atoms with van der Waals surface area (Å²) >= 11 is 3.04. The Hall–Kier alpha value is 0.280. The van der Waals surface area contributed by atoms with E-state index in [0.29, 0.717) is 0 Å². The van der Waals surface area contributed by atoms with Crippen molar-refractivity contribution in [3.63, 3.8) is 0 Å². The Morgan fingerprint density at radius 1 is 1.00 bits per heavy atom. The van der Waals surface area contributed by atoms with Crippen molar-refractivity contribution in [2.75, 3.05) is 5.33 Å². The molecule has 6 heteroatoms. The second kappa shape index (κ2) is 3.99. The number of aliphatic hydroxyl groups is 4. The summed E-state index contributed by atoms with van der Waals surface area (Å²) in [5.41, 5.74) is 0. The van der Waals surface area contributed by atoms with Crippen LogP contribution in [-0.4, -0.2) is 56.5 Å². The highest BCUT2D eigenvalue weighted by Gasteiger charge is 2.42. The summed E-state index contributed by atoms with van der Waals surface area (Å²) in [5.74, 6) is 0. The summed E-state index contributed by atoms with van der Waals surface area (Å²) < 4.78 is 4.78. The van der Waals surface area contributed by atoms with E-state index in [1.54, 1.807) is 0 Å². The first-order valence-electron chi connectivity index (χ1n) is 3.51. The molecule has 1 aliphatic rings. The van der Waals surface area contributed by atoms with E-state index in [0.717, 1.165) is 0 Å². The van der Waals surface area contributed by atoms with E-state index in [4.69, 9.17) is 20.1 Å². The molecule has 0 aliphatic carbocycles. The maximum absolute atomic E-state index is 9.25. The zero-order valence-electron chi connectivity index (χ0n) is 6.17. The number of ether oxygens (including phenoxy) is 1. The van der Waals surface area contributed by atoms with E-state index in [1.165, 1.54) is 0 Å². The van der Waals surface area contributed by atoms with Gasteiger partial charge in [0.15, 0.2) is 6.29 Å². The molecule has 0 aromatic carbocycles. The number of alkyl halides is 1. The van der Waals surface area contributed by atoms with Gasteiger partial charge in [-0.3, -0.25) is 0 Å². The molecule has 5 atom stereocenters. The largest absolute Gasteiger partial charge is 0.388 e. The highest BCUT2D eigenvalue weighted by molar-refractivity contribution is 9.09. The van der Waals surface area contributed by atoms with E-state index >= 15 is 0 Å². The second-order valence-electron chi connectivity index (χ2n) is 2.69. The summed E-state index contributed by atoms with van der Waals surface area (Å²) in [7, 11) is 0. The van der Waals surface area contributed by atoms with Crippen LogP contribution in [0, 0.1) is 0 Å². The van der Waals surface area contributed by atoms with Crippen molar-refractivity contribution in [3.05, 3.63) is 0 Å². The van der Waals surface area contributed by atoms with Gasteiger partial charge in [-0.15, -0.1) is 0 Å². The highest BCUT2D eigenvalue weighted by Crippen LogP contribution is 2.20. The van der Waals surface area contributed by atoms with Crippen molar-refractivity contribution in [2.24, 2.45) is 0 Å². The van der Waals surface area contributed by atoms with Gasteiger partial charge >= 0.3 is 0 Å². The topological polar surface area (TPSA) is 90.2 Å². The molecule has 0 spiro atoms. The molecule has 1 fully saturated rings. The summed E-state index contributed by atoms with van der Waals surface area (Å²) in [6.45, 7) is 0. The van der Waals surface area contributed by atoms with E-state index in [9.17, 15) is 5.11 Å². The molecule has 1 rings (SSSR count). The third kappa shape index (κ3) is 1.78. The van der Waals surface area contributed by atoms with E-state index in [1.807, 2.05) is 0 Å². The van der Waals surface area contributed by atoms with Gasteiger partial charge < -0.3 is 25.2 Å². The van der Waals surface area contributed by atoms with Crippen molar-refractivity contribution in [1.82, 2.24) is 0 Å². The predicted molar refractivity (Wildman–Crippen MR) is 42.7 cm³/mol. The molecule has 1 heterocycles. The number of aliphatic hydroxyl groups excluding tert-OH is 4. The van der Waals surface area contributed by atoms with Crippen molar-refractivity contribution >= 4 is 15.9 Å².